The van der Waals surface area contributed by atoms with Gasteiger partial charge < -0.3 is 24.4 Å². The molecule has 1 atom stereocenters. The van der Waals surface area contributed by atoms with Crippen molar-refractivity contribution in [3.63, 3.8) is 0 Å². The number of aliphatic hydroxyl groups is 1. The summed E-state index contributed by atoms with van der Waals surface area (Å²) in [5, 5.41) is 11.0. The Morgan fingerprint density at radius 2 is 1.50 bits per heavy atom. The van der Waals surface area contributed by atoms with Gasteiger partial charge >= 0.3 is 0 Å². The third kappa shape index (κ3) is 4.16. The molecule has 0 unspecified atom stereocenters. The Morgan fingerprint density at radius 1 is 0.967 bits per heavy atom. The number of carbonyl (C=O) groups is 2. The summed E-state index contributed by atoms with van der Waals surface area (Å²) in [6, 6.07) is 13.2. The van der Waals surface area contributed by atoms with E-state index in [1.54, 1.807) is 62.8 Å². The highest BCUT2D eigenvalue weighted by molar-refractivity contribution is 6.46. The van der Waals surface area contributed by atoms with Crippen molar-refractivity contribution in [2.24, 2.45) is 0 Å². The number of ketones is 1. The molecule has 30 heavy (non-hydrogen) atoms. The average Bonchev–Trinajstić information content (AvgIpc) is 3.02. The van der Waals surface area contributed by atoms with Crippen LogP contribution in [-0.4, -0.2) is 68.0 Å². The lowest BCUT2D eigenvalue weighted by Crippen LogP contribution is -2.35. The smallest absolute Gasteiger partial charge is 0.295 e. The van der Waals surface area contributed by atoms with E-state index in [2.05, 4.69) is 0 Å². The van der Waals surface area contributed by atoms with E-state index >= 15 is 0 Å². The minimum absolute atomic E-state index is 0.0779. The van der Waals surface area contributed by atoms with Gasteiger partial charge in [-0.3, -0.25) is 9.59 Å². The fraction of sp³-hybridized carbons (Fsp3) is 0.304. The molecule has 0 aliphatic carbocycles. The maximum atomic E-state index is 12.9. The van der Waals surface area contributed by atoms with Gasteiger partial charge in [0, 0.05) is 18.7 Å². The van der Waals surface area contributed by atoms with Crippen LogP contribution in [0.2, 0.25) is 0 Å². The minimum Gasteiger partial charge on any atom is -0.507 e. The first-order chi connectivity index (χ1) is 14.4. The molecule has 0 aromatic heterocycles. The van der Waals surface area contributed by atoms with Crippen molar-refractivity contribution in [1.82, 2.24) is 9.80 Å². The number of hydrogen-bond donors (Lipinski definition) is 1. The van der Waals surface area contributed by atoms with Gasteiger partial charge in [-0.1, -0.05) is 12.1 Å². The van der Waals surface area contributed by atoms with Gasteiger partial charge in [0.2, 0.25) is 0 Å². The number of methoxy groups -OCH3 is 2. The Kier molecular flexibility index (Phi) is 6.42. The zero-order chi connectivity index (χ0) is 21.8. The van der Waals surface area contributed by atoms with Crippen molar-refractivity contribution in [2.45, 2.75) is 6.04 Å². The molecule has 3 rings (SSSR count). The van der Waals surface area contributed by atoms with Gasteiger partial charge in [0.25, 0.3) is 11.7 Å². The van der Waals surface area contributed by atoms with E-state index < -0.39 is 17.7 Å². The highest BCUT2D eigenvalue weighted by Crippen LogP contribution is 2.39. The summed E-state index contributed by atoms with van der Waals surface area (Å²) in [5.74, 6) is -0.219. The van der Waals surface area contributed by atoms with Crippen LogP contribution in [0.1, 0.15) is 17.2 Å². The SMILES string of the molecule is COc1ccc(/C(O)=C2\C(=O)C(=O)N(CCN(C)C)[C@H]2c2ccc(OC)cc2)cc1. The van der Waals surface area contributed by atoms with Gasteiger partial charge in [-0.25, -0.2) is 0 Å². The summed E-state index contributed by atoms with van der Waals surface area (Å²) in [6.45, 7) is 0.940. The lowest BCUT2D eigenvalue weighted by Gasteiger charge is -2.26. The van der Waals surface area contributed by atoms with Crippen LogP contribution in [0, 0.1) is 0 Å². The number of aliphatic hydroxyl groups excluding tert-OH is 1. The lowest BCUT2D eigenvalue weighted by atomic mass is 9.95. The first kappa shape index (κ1) is 21.4. The summed E-state index contributed by atoms with van der Waals surface area (Å²) in [5.41, 5.74) is 1.25. The molecular formula is C23H26N2O5. The molecule has 1 aliphatic rings. The van der Waals surface area contributed by atoms with Gasteiger partial charge in [-0.2, -0.15) is 0 Å². The monoisotopic (exact) mass is 410 g/mol. The topological polar surface area (TPSA) is 79.3 Å². The first-order valence-electron chi connectivity index (χ1n) is 9.59. The molecule has 1 N–H and O–H groups in total. The number of likely N-dealkylation sites (tertiary alicyclic amines) is 1. The maximum absolute atomic E-state index is 12.9. The van der Waals surface area contributed by atoms with Crippen LogP contribution in [-0.2, 0) is 9.59 Å². The van der Waals surface area contributed by atoms with E-state index in [1.807, 2.05) is 19.0 Å². The molecule has 158 valence electrons. The van der Waals surface area contributed by atoms with Gasteiger partial charge in [0.05, 0.1) is 25.8 Å². The second-order valence-electron chi connectivity index (χ2n) is 7.30. The van der Waals surface area contributed by atoms with E-state index in [4.69, 9.17) is 9.47 Å². The van der Waals surface area contributed by atoms with E-state index in [1.165, 1.54) is 4.90 Å². The number of carbonyl (C=O) groups excluding carboxylic acids is 2. The first-order valence-corrected chi connectivity index (χ1v) is 9.59. The zero-order valence-electron chi connectivity index (χ0n) is 17.6. The van der Waals surface area contributed by atoms with Crippen LogP contribution in [0.4, 0.5) is 0 Å². The van der Waals surface area contributed by atoms with E-state index in [0.717, 1.165) is 5.56 Å². The number of rotatable bonds is 7. The van der Waals surface area contributed by atoms with Crippen LogP contribution in [0.15, 0.2) is 54.1 Å². The Balaban J connectivity index is 2.11. The van der Waals surface area contributed by atoms with Crippen LogP contribution >= 0.6 is 0 Å². The number of likely N-dealkylation sites (N-methyl/N-ethyl adjacent to an activating group) is 1. The predicted octanol–water partition coefficient (Wildman–Crippen LogP) is 2.69. The molecule has 1 saturated heterocycles. The van der Waals surface area contributed by atoms with E-state index in [9.17, 15) is 14.7 Å². The highest BCUT2D eigenvalue weighted by atomic mass is 16.5. The van der Waals surface area contributed by atoms with Gasteiger partial charge in [0.15, 0.2) is 0 Å². The molecule has 2 aromatic rings. The number of hydrogen-bond acceptors (Lipinski definition) is 6. The Hall–Kier alpha value is -3.32. The summed E-state index contributed by atoms with van der Waals surface area (Å²) >= 11 is 0. The van der Waals surface area contributed by atoms with Crippen LogP contribution in [0.5, 0.6) is 11.5 Å². The third-order valence-corrected chi connectivity index (χ3v) is 5.12. The van der Waals surface area contributed by atoms with Crippen molar-refractivity contribution in [3.8, 4) is 11.5 Å². The molecule has 0 spiro atoms. The third-order valence-electron chi connectivity index (χ3n) is 5.12. The maximum Gasteiger partial charge on any atom is 0.295 e. The highest BCUT2D eigenvalue weighted by Gasteiger charge is 2.45. The van der Waals surface area contributed by atoms with Crippen molar-refractivity contribution < 1.29 is 24.2 Å². The second kappa shape index (κ2) is 9.00. The quantitative estimate of drug-likeness (QED) is 0.430. The predicted molar refractivity (Wildman–Crippen MR) is 114 cm³/mol. The molecule has 1 aliphatic heterocycles. The Bertz CT molecular complexity index is 949. The molecule has 2 aromatic carbocycles. The molecule has 1 fully saturated rings. The van der Waals surface area contributed by atoms with Crippen LogP contribution in [0.25, 0.3) is 5.76 Å². The van der Waals surface area contributed by atoms with Crippen molar-refractivity contribution in [2.75, 3.05) is 41.4 Å². The average molecular weight is 410 g/mol. The molecule has 0 bridgehead atoms. The zero-order valence-corrected chi connectivity index (χ0v) is 17.6. The molecule has 0 saturated carbocycles. The standard InChI is InChI=1S/C23H26N2O5/c1-24(2)13-14-25-20(15-5-9-17(29-3)10-6-15)19(22(27)23(25)28)21(26)16-7-11-18(30-4)12-8-16/h5-12,20,26H,13-14H2,1-4H3/b21-19+/t20-/m0/s1. The van der Waals surface area contributed by atoms with Gasteiger partial charge in [0.1, 0.15) is 17.3 Å². The van der Waals surface area contributed by atoms with Crippen LogP contribution < -0.4 is 9.47 Å². The van der Waals surface area contributed by atoms with Crippen LogP contribution in [0.3, 0.4) is 0 Å². The summed E-state index contributed by atoms with van der Waals surface area (Å²) in [7, 11) is 6.92. The van der Waals surface area contributed by atoms with Gasteiger partial charge in [-0.05, 0) is 56.1 Å². The Labute approximate surface area is 176 Å². The van der Waals surface area contributed by atoms with E-state index in [-0.39, 0.29) is 11.3 Å². The van der Waals surface area contributed by atoms with E-state index in [0.29, 0.717) is 30.2 Å². The molecular weight excluding hydrogens is 384 g/mol. The molecule has 0 radical (unpaired) electrons. The number of benzene rings is 2. The van der Waals surface area contributed by atoms with Crippen molar-refractivity contribution >= 4 is 17.4 Å². The number of Topliss-reactive ketones (excluding diaryl/α,β-unsaturated/α-hetero) is 1. The molecule has 7 nitrogen and oxygen atoms in total. The fourth-order valence-corrected chi connectivity index (χ4v) is 3.46. The largest absolute Gasteiger partial charge is 0.507 e. The molecule has 1 amide bonds. The fourth-order valence-electron chi connectivity index (χ4n) is 3.46. The normalized spacial score (nSPS) is 18.2. The lowest BCUT2D eigenvalue weighted by molar-refractivity contribution is -0.140. The Morgan fingerprint density at radius 3 is 2.00 bits per heavy atom. The minimum atomic E-state index is -0.692. The summed E-state index contributed by atoms with van der Waals surface area (Å²) < 4.78 is 10.4. The summed E-state index contributed by atoms with van der Waals surface area (Å²) in [6.07, 6.45) is 0. The van der Waals surface area contributed by atoms with Crippen molar-refractivity contribution in [3.05, 3.63) is 65.2 Å². The number of nitrogens with zero attached hydrogens (tertiary/aromatic N) is 2. The second-order valence-corrected chi connectivity index (χ2v) is 7.30. The van der Waals surface area contributed by atoms with Gasteiger partial charge in [-0.15, -0.1) is 0 Å². The number of ether oxygens (including phenoxy) is 2. The van der Waals surface area contributed by atoms with Crippen molar-refractivity contribution in [1.29, 1.82) is 0 Å². The number of amides is 1. The molecule has 1 heterocycles. The summed E-state index contributed by atoms with van der Waals surface area (Å²) in [4.78, 5) is 29.2. The molecule has 7 heteroatoms.